The number of benzene rings is 1. The summed E-state index contributed by atoms with van der Waals surface area (Å²) < 4.78 is 10.9. The number of nitrogens with zero attached hydrogens (tertiary/aromatic N) is 1. The van der Waals surface area contributed by atoms with Gasteiger partial charge in [-0.2, -0.15) is 0 Å². The van der Waals surface area contributed by atoms with Gasteiger partial charge in [-0.1, -0.05) is 31.5 Å². The van der Waals surface area contributed by atoms with Crippen LogP contribution in [0.5, 0.6) is 5.75 Å². The normalized spacial score (nSPS) is 13.2. The first-order valence-electron chi connectivity index (χ1n) is 6.84. The summed E-state index contributed by atoms with van der Waals surface area (Å²) >= 11 is 0. The molecule has 0 aliphatic carbocycles. The fourth-order valence-electron chi connectivity index (χ4n) is 2.04. The number of oxime groups is 1. The Labute approximate surface area is 120 Å². The van der Waals surface area contributed by atoms with E-state index >= 15 is 0 Å². The molecule has 1 unspecified atom stereocenters. The molecule has 0 bridgehead atoms. The van der Waals surface area contributed by atoms with Gasteiger partial charge in [0.15, 0.2) is 5.84 Å². The molecule has 0 aliphatic rings. The van der Waals surface area contributed by atoms with E-state index in [1.807, 2.05) is 12.1 Å². The molecular weight excluding hydrogens is 256 g/mol. The molecule has 1 aromatic rings. The van der Waals surface area contributed by atoms with E-state index < -0.39 is 0 Å². The maximum atomic E-state index is 8.71. The summed E-state index contributed by atoms with van der Waals surface area (Å²) in [4.78, 5) is 0. The minimum atomic E-state index is 0.0332. The topological polar surface area (TPSA) is 77.1 Å². The van der Waals surface area contributed by atoms with Crippen molar-refractivity contribution in [2.24, 2.45) is 16.8 Å². The van der Waals surface area contributed by atoms with Crippen molar-refractivity contribution in [3.63, 3.8) is 0 Å². The molecule has 0 spiro atoms. The Kier molecular flexibility index (Phi) is 6.87. The standard InChI is InChI=1S/C15H24N2O3/c1-4-5-11(2)9-20-10-12-6-7-13(15(16)17-18)14(8-12)19-3/h6-8,11,18H,4-5,9-10H2,1-3H3,(H2,16,17). The van der Waals surface area contributed by atoms with Gasteiger partial charge < -0.3 is 20.4 Å². The van der Waals surface area contributed by atoms with Crippen LogP contribution in [0, 0.1) is 5.92 Å². The molecule has 1 atom stereocenters. The first-order chi connectivity index (χ1) is 9.62. The van der Waals surface area contributed by atoms with Crippen molar-refractivity contribution in [1.29, 1.82) is 0 Å². The van der Waals surface area contributed by atoms with Crippen molar-refractivity contribution >= 4 is 5.84 Å². The largest absolute Gasteiger partial charge is 0.496 e. The van der Waals surface area contributed by atoms with Crippen LogP contribution in [0.1, 0.15) is 37.8 Å². The lowest BCUT2D eigenvalue weighted by atomic mass is 10.1. The number of hydrogen-bond acceptors (Lipinski definition) is 4. The lowest BCUT2D eigenvalue weighted by Gasteiger charge is -2.12. The van der Waals surface area contributed by atoms with E-state index in [-0.39, 0.29) is 5.84 Å². The first-order valence-corrected chi connectivity index (χ1v) is 6.84. The minimum Gasteiger partial charge on any atom is -0.496 e. The zero-order chi connectivity index (χ0) is 15.0. The maximum absolute atomic E-state index is 8.71. The van der Waals surface area contributed by atoms with Gasteiger partial charge >= 0.3 is 0 Å². The van der Waals surface area contributed by atoms with Crippen LogP contribution in [0.2, 0.25) is 0 Å². The monoisotopic (exact) mass is 280 g/mol. The van der Waals surface area contributed by atoms with E-state index in [0.717, 1.165) is 12.2 Å². The fourth-order valence-corrected chi connectivity index (χ4v) is 2.04. The van der Waals surface area contributed by atoms with E-state index in [2.05, 4.69) is 19.0 Å². The highest BCUT2D eigenvalue weighted by Gasteiger charge is 2.09. The SMILES string of the molecule is CCCC(C)COCc1ccc(/C(N)=N/O)c(OC)c1. The maximum Gasteiger partial charge on any atom is 0.173 e. The van der Waals surface area contributed by atoms with Gasteiger partial charge in [0.05, 0.1) is 19.3 Å². The van der Waals surface area contributed by atoms with Crippen LogP contribution in [-0.4, -0.2) is 24.8 Å². The zero-order valence-electron chi connectivity index (χ0n) is 12.4. The smallest absolute Gasteiger partial charge is 0.173 e. The van der Waals surface area contributed by atoms with Crippen molar-refractivity contribution in [2.75, 3.05) is 13.7 Å². The van der Waals surface area contributed by atoms with E-state index in [0.29, 0.717) is 23.8 Å². The van der Waals surface area contributed by atoms with Crippen molar-refractivity contribution < 1.29 is 14.7 Å². The third-order valence-corrected chi connectivity index (χ3v) is 3.10. The number of ether oxygens (including phenoxy) is 2. The molecule has 20 heavy (non-hydrogen) atoms. The Bertz CT molecular complexity index is 447. The molecule has 1 aromatic carbocycles. The van der Waals surface area contributed by atoms with Crippen LogP contribution in [0.15, 0.2) is 23.4 Å². The molecule has 1 rings (SSSR count). The van der Waals surface area contributed by atoms with Gasteiger partial charge in [0.25, 0.3) is 0 Å². The van der Waals surface area contributed by atoms with Crippen molar-refractivity contribution in [3.05, 3.63) is 29.3 Å². The summed E-state index contributed by atoms with van der Waals surface area (Å²) in [5, 5.41) is 11.7. The van der Waals surface area contributed by atoms with Gasteiger partial charge in [-0.05, 0) is 30.0 Å². The average Bonchev–Trinajstić information content (AvgIpc) is 2.46. The second kappa shape index (κ2) is 8.43. The van der Waals surface area contributed by atoms with Crippen LogP contribution in [0.3, 0.4) is 0 Å². The van der Waals surface area contributed by atoms with Crippen LogP contribution in [0.4, 0.5) is 0 Å². The second-order valence-corrected chi connectivity index (χ2v) is 4.93. The van der Waals surface area contributed by atoms with Crippen LogP contribution >= 0.6 is 0 Å². The Balaban J connectivity index is 2.64. The van der Waals surface area contributed by atoms with Crippen molar-refractivity contribution in [2.45, 2.75) is 33.3 Å². The van der Waals surface area contributed by atoms with Gasteiger partial charge in [0.2, 0.25) is 0 Å². The van der Waals surface area contributed by atoms with Gasteiger partial charge in [0.1, 0.15) is 5.75 Å². The van der Waals surface area contributed by atoms with Crippen LogP contribution in [-0.2, 0) is 11.3 Å². The number of rotatable bonds is 8. The summed E-state index contributed by atoms with van der Waals surface area (Å²) in [6, 6.07) is 5.50. The summed E-state index contributed by atoms with van der Waals surface area (Å²) in [5.41, 5.74) is 7.15. The van der Waals surface area contributed by atoms with Crippen molar-refractivity contribution in [1.82, 2.24) is 0 Å². The van der Waals surface area contributed by atoms with E-state index in [1.54, 1.807) is 13.2 Å². The predicted octanol–water partition coefficient (Wildman–Crippen LogP) is 2.74. The highest BCUT2D eigenvalue weighted by Crippen LogP contribution is 2.20. The number of methoxy groups -OCH3 is 1. The Morgan fingerprint density at radius 2 is 2.20 bits per heavy atom. The minimum absolute atomic E-state index is 0.0332. The zero-order valence-corrected chi connectivity index (χ0v) is 12.4. The molecule has 0 aliphatic heterocycles. The molecule has 0 amide bonds. The Hall–Kier alpha value is -1.75. The molecule has 0 saturated carbocycles. The summed E-state index contributed by atoms with van der Waals surface area (Å²) in [7, 11) is 1.55. The highest BCUT2D eigenvalue weighted by molar-refractivity contribution is 5.99. The quantitative estimate of drug-likeness (QED) is 0.332. The second-order valence-electron chi connectivity index (χ2n) is 4.93. The van der Waals surface area contributed by atoms with E-state index in [1.165, 1.54) is 12.8 Å². The lowest BCUT2D eigenvalue weighted by molar-refractivity contribution is 0.0892. The molecule has 0 fully saturated rings. The molecule has 5 nitrogen and oxygen atoms in total. The van der Waals surface area contributed by atoms with Gasteiger partial charge in [-0.3, -0.25) is 0 Å². The van der Waals surface area contributed by atoms with Gasteiger partial charge in [-0.15, -0.1) is 0 Å². The molecule has 0 heterocycles. The molecule has 112 valence electrons. The van der Waals surface area contributed by atoms with Crippen LogP contribution < -0.4 is 10.5 Å². The molecule has 0 radical (unpaired) electrons. The molecule has 0 saturated heterocycles. The first kappa shape index (κ1) is 16.3. The summed E-state index contributed by atoms with van der Waals surface area (Å²) in [5.74, 6) is 1.17. The van der Waals surface area contributed by atoms with Gasteiger partial charge in [-0.25, -0.2) is 0 Å². The Morgan fingerprint density at radius 1 is 1.45 bits per heavy atom. The summed E-state index contributed by atoms with van der Waals surface area (Å²) in [6.07, 6.45) is 2.35. The van der Waals surface area contributed by atoms with E-state index in [4.69, 9.17) is 20.4 Å². The van der Waals surface area contributed by atoms with E-state index in [9.17, 15) is 0 Å². The summed E-state index contributed by atoms with van der Waals surface area (Å²) in [6.45, 7) is 5.64. The third-order valence-electron chi connectivity index (χ3n) is 3.10. The average molecular weight is 280 g/mol. The van der Waals surface area contributed by atoms with Crippen LogP contribution in [0.25, 0.3) is 0 Å². The highest BCUT2D eigenvalue weighted by atomic mass is 16.5. The number of hydrogen-bond donors (Lipinski definition) is 2. The predicted molar refractivity (Wildman–Crippen MR) is 79.2 cm³/mol. The lowest BCUT2D eigenvalue weighted by Crippen LogP contribution is -2.14. The Morgan fingerprint density at radius 3 is 2.80 bits per heavy atom. The van der Waals surface area contributed by atoms with Crippen molar-refractivity contribution in [3.8, 4) is 5.75 Å². The fraction of sp³-hybridized carbons (Fsp3) is 0.533. The molecular formula is C15H24N2O3. The number of nitrogens with two attached hydrogens (primary N) is 1. The number of amidine groups is 1. The van der Waals surface area contributed by atoms with Gasteiger partial charge in [0, 0.05) is 6.61 Å². The molecule has 5 heteroatoms. The third kappa shape index (κ3) is 4.74. The molecule has 3 N–H and O–H groups in total. The molecule has 0 aromatic heterocycles.